The standard InChI is InChI=1S/C23H28N6O3/c1-4-31-22-19(15(3)25-23(27-22)32-5-2)12-21(30)26-18-8-6-7-16(11-18)17-9-10-20-28-24-14-29(20)13-17/h6-8,11,14,17H,4-5,9-10,12-13H2,1-3H3,(H,26,30)/t17-/m0/s1. The van der Waals surface area contributed by atoms with Crippen molar-refractivity contribution in [3.63, 3.8) is 0 Å². The molecule has 0 spiro atoms. The molecule has 168 valence electrons. The van der Waals surface area contributed by atoms with Crippen molar-refractivity contribution in [2.45, 2.75) is 52.5 Å². The van der Waals surface area contributed by atoms with E-state index in [0.29, 0.717) is 36.3 Å². The quantitative estimate of drug-likeness (QED) is 0.579. The van der Waals surface area contributed by atoms with Crippen LogP contribution in [0.2, 0.25) is 0 Å². The first kappa shape index (κ1) is 21.7. The van der Waals surface area contributed by atoms with E-state index in [4.69, 9.17) is 9.47 Å². The van der Waals surface area contributed by atoms with Crippen molar-refractivity contribution in [2.24, 2.45) is 0 Å². The van der Waals surface area contributed by atoms with Crippen molar-refractivity contribution in [3.05, 3.63) is 53.2 Å². The first-order valence-corrected chi connectivity index (χ1v) is 11.0. The summed E-state index contributed by atoms with van der Waals surface area (Å²) in [5.74, 6) is 1.63. The van der Waals surface area contributed by atoms with Gasteiger partial charge in [-0.1, -0.05) is 12.1 Å². The van der Waals surface area contributed by atoms with E-state index >= 15 is 0 Å². The zero-order chi connectivity index (χ0) is 22.5. The van der Waals surface area contributed by atoms with Crippen molar-refractivity contribution < 1.29 is 14.3 Å². The molecule has 1 amide bonds. The van der Waals surface area contributed by atoms with Crippen molar-refractivity contribution in [3.8, 4) is 11.9 Å². The van der Waals surface area contributed by atoms with Gasteiger partial charge in [-0.25, -0.2) is 4.98 Å². The number of hydrogen-bond acceptors (Lipinski definition) is 7. The topological polar surface area (TPSA) is 104 Å². The second kappa shape index (κ2) is 9.76. The van der Waals surface area contributed by atoms with Crippen molar-refractivity contribution in [2.75, 3.05) is 18.5 Å². The third-order valence-corrected chi connectivity index (χ3v) is 5.52. The number of anilines is 1. The summed E-state index contributed by atoms with van der Waals surface area (Å²) in [6.07, 6.45) is 3.81. The molecular formula is C23H28N6O3. The summed E-state index contributed by atoms with van der Waals surface area (Å²) in [6.45, 7) is 7.32. The summed E-state index contributed by atoms with van der Waals surface area (Å²) in [5.41, 5.74) is 3.29. The Hall–Kier alpha value is -3.49. The third-order valence-electron chi connectivity index (χ3n) is 5.52. The first-order chi connectivity index (χ1) is 15.6. The van der Waals surface area contributed by atoms with Gasteiger partial charge in [0.2, 0.25) is 11.8 Å². The van der Waals surface area contributed by atoms with Crippen LogP contribution in [0.25, 0.3) is 0 Å². The Kier molecular flexibility index (Phi) is 6.63. The Labute approximate surface area is 187 Å². The number of aryl methyl sites for hydroxylation is 2. The second-order valence-corrected chi connectivity index (χ2v) is 7.73. The maximum atomic E-state index is 12.8. The zero-order valence-corrected chi connectivity index (χ0v) is 18.7. The second-order valence-electron chi connectivity index (χ2n) is 7.73. The average Bonchev–Trinajstić information content (AvgIpc) is 3.25. The highest BCUT2D eigenvalue weighted by Crippen LogP contribution is 2.29. The fraction of sp³-hybridized carbons (Fsp3) is 0.435. The third kappa shape index (κ3) is 4.87. The van der Waals surface area contributed by atoms with Crippen LogP contribution >= 0.6 is 0 Å². The Balaban J connectivity index is 1.46. The molecule has 0 bridgehead atoms. The van der Waals surface area contributed by atoms with Gasteiger partial charge < -0.3 is 19.4 Å². The van der Waals surface area contributed by atoms with Crippen LogP contribution in [0.3, 0.4) is 0 Å². The van der Waals surface area contributed by atoms with E-state index in [1.54, 1.807) is 6.33 Å². The molecule has 1 N–H and O–H groups in total. The number of carbonyl (C=O) groups is 1. The molecule has 0 saturated heterocycles. The minimum Gasteiger partial charge on any atom is -0.478 e. The van der Waals surface area contributed by atoms with Gasteiger partial charge in [-0.15, -0.1) is 10.2 Å². The fourth-order valence-corrected chi connectivity index (χ4v) is 3.96. The summed E-state index contributed by atoms with van der Waals surface area (Å²) in [6, 6.07) is 8.29. The minimum absolute atomic E-state index is 0.116. The number of hydrogen-bond donors (Lipinski definition) is 1. The van der Waals surface area contributed by atoms with Gasteiger partial charge in [0.1, 0.15) is 12.2 Å². The molecule has 0 fully saturated rings. The Morgan fingerprint density at radius 2 is 2.06 bits per heavy atom. The van der Waals surface area contributed by atoms with Crippen LogP contribution in [0, 0.1) is 6.92 Å². The fourth-order valence-electron chi connectivity index (χ4n) is 3.96. The SMILES string of the molecule is CCOc1nc(C)c(CC(=O)Nc2cccc([C@H]3CCc4nncn4C3)c2)c(OCC)n1. The van der Waals surface area contributed by atoms with Crippen molar-refractivity contribution in [1.82, 2.24) is 24.7 Å². The van der Waals surface area contributed by atoms with Gasteiger partial charge >= 0.3 is 6.01 Å². The van der Waals surface area contributed by atoms with E-state index in [-0.39, 0.29) is 18.3 Å². The Morgan fingerprint density at radius 1 is 1.22 bits per heavy atom. The lowest BCUT2D eigenvalue weighted by Crippen LogP contribution is -2.19. The van der Waals surface area contributed by atoms with Crippen LogP contribution in [0.15, 0.2) is 30.6 Å². The Morgan fingerprint density at radius 3 is 2.88 bits per heavy atom. The molecule has 0 aliphatic carbocycles. The van der Waals surface area contributed by atoms with Crippen molar-refractivity contribution in [1.29, 1.82) is 0 Å². The molecule has 3 aromatic rings. The number of nitrogens with one attached hydrogen (secondary N) is 1. The summed E-state index contributed by atoms with van der Waals surface area (Å²) in [5, 5.41) is 11.2. The molecule has 2 aromatic heterocycles. The molecule has 32 heavy (non-hydrogen) atoms. The maximum Gasteiger partial charge on any atom is 0.319 e. The van der Waals surface area contributed by atoms with Crippen LogP contribution in [0.1, 0.15) is 48.8 Å². The highest BCUT2D eigenvalue weighted by molar-refractivity contribution is 5.92. The van der Waals surface area contributed by atoms with E-state index in [0.717, 1.165) is 30.9 Å². The number of aromatic nitrogens is 5. The maximum absolute atomic E-state index is 12.8. The molecule has 3 heterocycles. The lowest BCUT2D eigenvalue weighted by atomic mass is 9.91. The van der Waals surface area contributed by atoms with Gasteiger partial charge in [-0.3, -0.25) is 4.79 Å². The van der Waals surface area contributed by atoms with E-state index in [1.165, 1.54) is 5.56 Å². The van der Waals surface area contributed by atoms with E-state index in [2.05, 4.69) is 36.1 Å². The molecule has 9 heteroatoms. The molecule has 4 rings (SSSR count). The molecule has 1 aromatic carbocycles. The van der Waals surface area contributed by atoms with Gasteiger partial charge in [0.05, 0.1) is 25.3 Å². The molecule has 1 aliphatic heterocycles. The average molecular weight is 437 g/mol. The molecular weight excluding hydrogens is 408 g/mol. The number of amides is 1. The highest BCUT2D eigenvalue weighted by Gasteiger charge is 2.22. The predicted octanol–water partition coefficient (Wildman–Crippen LogP) is 3.09. The van der Waals surface area contributed by atoms with Crippen LogP contribution in [0.5, 0.6) is 11.9 Å². The molecule has 1 aliphatic rings. The predicted molar refractivity (Wildman–Crippen MR) is 119 cm³/mol. The van der Waals surface area contributed by atoms with Crippen LogP contribution in [0.4, 0.5) is 5.69 Å². The number of rotatable bonds is 8. The number of ether oxygens (including phenoxy) is 2. The molecule has 0 unspecified atom stereocenters. The normalized spacial score (nSPS) is 15.2. The van der Waals surface area contributed by atoms with Crippen LogP contribution in [-0.4, -0.2) is 43.9 Å². The number of carbonyl (C=O) groups excluding carboxylic acids is 1. The van der Waals surface area contributed by atoms with Gasteiger partial charge in [-0.2, -0.15) is 4.98 Å². The summed E-state index contributed by atoms with van der Waals surface area (Å²) < 4.78 is 13.2. The summed E-state index contributed by atoms with van der Waals surface area (Å²) in [4.78, 5) is 21.5. The van der Waals surface area contributed by atoms with Crippen LogP contribution in [-0.2, 0) is 24.2 Å². The van der Waals surface area contributed by atoms with Gasteiger partial charge in [0.15, 0.2) is 0 Å². The smallest absolute Gasteiger partial charge is 0.319 e. The monoisotopic (exact) mass is 436 g/mol. The molecule has 1 atom stereocenters. The zero-order valence-electron chi connectivity index (χ0n) is 18.7. The van der Waals surface area contributed by atoms with Gasteiger partial charge in [-0.05, 0) is 44.9 Å². The minimum atomic E-state index is -0.149. The highest BCUT2D eigenvalue weighted by atomic mass is 16.5. The van der Waals surface area contributed by atoms with Crippen molar-refractivity contribution >= 4 is 11.6 Å². The van der Waals surface area contributed by atoms with E-state index in [1.807, 2.05) is 39.0 Å². The molecule has 9 nitrogen and oxygen atoms in total. The molecule has 0 radical (unpaired) electrons. The van der Waals surface area contributed by atoms with Gasteiger partial charge in [0.25, 0.3) is 0 Å². The molecule has 0 saturated carbocycles. The van der Waals surface area contributed by atoms with E-state index < -0.39 is 0 Å². The number of nitrogens with zero attached hydrogens (tertiary/aromatic N) is 5. The van der Waals surface area contributed by atoms with Crippen LogP contribution < -0.4 is 14.8 Å². The number of benzene rings is 1. The lowest BCUT2D eigenvalue weighted by molar-refractivity contribution is -0.115. The van der Waals surface area contributed by atoms with E-state index in [9.17, 15) is 4.79 Å². The lowest BCUT2D eigenvalue weighted by Gasteiger charge is -2.23. The number of fused-ring (bicyclic) bond motifs is 1. The van der Waals surface area contributed by atoms with Gasteiger partial charge in [0, 0.05) is 30.1 Å². The first-order valence-electron chi connectivity index (χ1n) is 11.0. The largest absolute Gasteiger partial charge is 0.478 e. The Bertz CT molecular complexity index is 1100. The summed E-state index contributed by atoms with van der Waals surface area (Å²) in [7, 11) is 0. The summed E-state index contributed by atoms with van der Waals surface area (Å²) >= 11 is 0.